The predicted molar refractivity (Wildman–Crippen MR) is 132 cm³/mol. The Morgan fingerprint density at radius 3 is 2.57 bits per heavy atom. The number of hydrogen-bond acceptors (Lipinski definition) is 6. The van der Waals surface area contributed by atoms with Gasteiger partial charge in [-0.05, 0) is 35.4 Å². The molecule has 1 aliphatic rings. The minimum atomic E-state index is -0.149. The first-order valence-corrected chi connectivity index (χ1v) is 11.4. The molecule has 1 saturated heterocycles. The molecule has 0 spiro atoms. The molecule has 0 N–H and O–H groups in total. The van der Waals surface area contributed by atoms with Gasteiger partial charge in [0.15, 0.2) is 12.0 Å². The molecule has 0 saturated carbocycles. The van der Waals surface area contributed by atoms with E-state index >= 15 is 0 Å². The minimum absolute atomic E-state index is 0.110. The topological polar surface area (TPSA) is 78.2 Å². The summed E-state index contributed by atoms with van der Waals surface area (Å²) in [4.78, 5) is 27.5. The maximum absolute atomic E-state index is 13.0. The number of hydrogen-bond donors (Lipinski definition) is 0. The molecule has 4 aromatic rings. The standard InChI is InChI=1S/C28H25NO6/c1-32-21-9-7-19(8-10-21)24-17-35-25-15-22(11-12-23(25)28(24)31)34-18-27(30)29-13-14-33-26(16-29)20-5-3-2-4-6-20/h2-12,15,17,26H,13-14,16,18H2,1H3/t26-/m1/s1. The van der Waals surface area contributed by atoms with Gasteiger partial charge in [0, 0.05) is 12.6 Å². The summed E-state index contributed by atoms with van der Waals surface area (Å²) in [6.07, 6.45) is 1.29. The third kappa shape index (κ3) is 4.90. The van der Waals surface area contributed by atoms with Crippen LogP contribution in [0, 0.1) is 0 Å². The quantitative estimate of drug-likeness (QED) is 0.414. The fraction of sp³-hybridized carbons (Fsp3) is 0.214. The molecule has 178 valence electrons. The van der Waals surface area contributed by atoms with Crippen molar-refractivity contribution in [3.63, 3.8) is 0 Å². The molecule has 1 aromatic heterocycles. The molecule has 1 amide bonds. The minimum Gasteiger partial charge on any atom is -0.497 e. The summed E-state index contributed by atoms with van der Waals surface area (Å²) in [5.74, 6) is 1.05. The van der Waals surface area contributed by atoms with Gasteiger partial charge in [-0.25, -0.2) is 0 Å². The molecule has 7 heteroatoms. The van der Waals surface area contributed by atoms with Crippen LogP contribution in [0.1, 0.15) is 11.7 Å². The van der Waals surface area contributed by atoms with E-state index in [0.29, 0.717) is 47.7 Å². The molecule has 2 heterocycles. The number of fused-ring (bicyclic) bond motifs is 1. The molecule has 0 radical (unpaired) electrons. The van der Waals surface area contributed by atoms with Gasteiger partial charge >= 0.3 is 0 Å². The van der Waals surface area contributed by atoms with Crippen LogP contribution in [0.4, 0.5) is 0 Å². The van der Waals surface area contributed by atoms with Gasteiger partial charge in [-0.15, -0.1) is 0 Å². The number of methoxy groups -OCH3 is 1. The van der Waals surface area contributed by atoms with Gasteiger partial charge < -0.3 is 23.5 Å². The molecule has 0 aliphatic carbocycles. The number of amides is 1. The van der Waals surface area contributed by atoms with E-state index < -0.39 is 0 Å². The van der Waals surface area contributed by atoms with Crippen LogP contribution in [0.15, 0.2) is 88.3 Å². The Kier molecular flexibility index (Phi) is 6.50. The Morgan fingerprint density at radius 2 is 1.80 bits per heavy atom. The smallest absolute Gasteiger partial charge is 0.260 e. The molecule has 1 fully saturated rings. The highest BCUT2D eigenvalue weighted by Gasteiger charge is 2.25. The van der Waals surface area contributed by atoms with Gasteiger partial charge in [-0.3, -0.25) is 9.59 Å². The van der Waals surface area contributed by atoms with Crippen molar-refractivity contribution in [2.24, 2.45) is 0 Å². The first-order valence-electron chi connectivity index (χ1n) is 11.4. The number of carbonyl (C=O) groups is 1. The Labute approximate surface area is 202 Å². The van der Waals surface area contributed by atoms with Gasteiger partial charge in [-0.2, -0.15) is 0 Å². The van der Waals surface area contributed by atoms with Crippen LogP contribution in [-0.2, 0) is 9.53 Å². The van der Waals surface area contributed by atoms with Crippen molar-refractivity contribution in [2.45, 2.75) is 6.10 Å². The summed E-state index contributed by atoms with van der Waals surface area (Å²) in [5.41, 5.74) is 2.51. The zero-order valence-electron chi connectivity index (χ0n) is 19.3. The Morgan fingerprint density at radius 1 is 1.03 bits per heavy atom. The zero-order valence-corrected chi connectivity index (χ0v) is 19.3. The Hall–Kier alpha value is -4.10. The van der Waals surface area contributed by atoms with Gasteiger partial charge in [-0.1, -0.05) is 42.5 Å². The Bertz CT molecular complexity index is 1380. The lowest BCUT2D eigenvalue weighted by molar-refractivity contribution is -0.141. The average Bonchev–Trinajstić information content (AvgIpc) is 2.92. The molecule has 35 heavy (non-hydrogen) atoms. The zero-order chi connectivity index (χ0) is 24.2. The predicted octanol–water partition coefficient (Wildman–Crippen LogP) is 4.45. The normalized spacial score (nSPS) is 15.7. The van der Waals surface area contributed by atoms with E-state index in [1.807, 2.05) is 42.5 Å². The number of carbonyl (C=O) groups excluding carboxylic acids is 1. The van der Waals surface area contributed by atoms with Crippen LogP contribution in [0.3, 0.4) is 0 Å². The SMILES string of the molecule is COc1ccc(-c2coc3cc(OCC(=O)N4CCO[C@@H](c5ccccc5)C4)ccc3c2=O)cc1. The van der Waals surface area contributed by atoms with Gasteiger partial charge in [0.1, 0.15) is 29.4 Å². The maximum atomic E-state index is 13.0. The summed E-state index contributed by atoms with van der Waals surface area (Å²) in [5, 5.41) is 0.441. The number of morpholine rings is 1. The van der Waals surface area contributed by atoms with Crippen molar-refractivity contribution in [1.29, 1.82) is 0 Å². The van der Waals surface area contributed by atoms with Crippen molar-refractivity contribution < 1.29 is 23.4 Å². The second-order valence-electron chi connectivity index (χ2n) is 8.26. The number of nitrogens with zero attached hydrogens (tertiary/aromatic N) is 1. The van der Waals surface area contributed by atoms with Crippen molar-refractivity contribution >= 4 is 16.9 Å². The average molecular weight is 472 g/mol. The first-order chi connectivity index (χ1) is 17.1. The fourth-order valence-electron chi connectivity index (χ4n) is 4.15. The lowest BCUT2D eigenvalue weighted by atomic mass is 10.1. The number of ether oxygens (including phenoxy) is 3. The molecule has 1 aliphatic heterocycles. The second-order valence-corrected chi connectivity index (χ2v) is 8.26. The highest BCUT2D eigenvalue weighted by molar-refractivity contribution is 5.83. The van der Waals surface area contributed by atoms with E-state index in [0.717, 1.165) is 11.1 Å². The van der Waals surface area contributed by atoms with E-state index in [1.54, 1.807) is 42.3 Å². The van der Waals surface area contributed by atoms with Crippen LogP contribution in [-0.4, -0.2) is 44.2 Å². The third-order valence-corrected chi connectivity index (χ3v) is 6.10. The highest BCUT2D eigenvalue weighted by atomic mass is 16.5. The molecule has 5 rings (SSSR count). The van der Waals surface area contributed by atoms with E-state index in [9.17, 15) is 9.59 Å². The maximum Gasteiger partial charge on any atom is 0.260 e. The molecule has 1 atom stereocenters. The number of rotatable bonds is 6. The van der Waals surface area contributed by atoms with Crippen molar-refractivity contribution in [1.82, 2.24) is 4.90 Å². The second kappa shape index (κ2) is 10.0. The van der Waals surface area contributed by atoms with Gasteiger partial charge in [0.25, 0.3) is 5.91 Å². The van der Waals surface area contributed by atoms with Crippen LogP contribution < -0.4 is 14.9 Å². The molecule has 7 nitrogen and oxygen atoms in total. The van der Waals surface area contributed by atoms with Crippen LogP contribution in [0.5, 0.6) is 11.5 Å². The van der Waals surface area contributed by atoms with Crippen LogP contribution in [0.2, 0.25) is 0 Å². The van der Waals surface area contributed by atoms with Crippen LogP contribution in [0.25, 0.3) is 22.1 Å². The molecule has 0 bridgehead atoms. The van der Waals surface area contributed by atoms with Crippen molar-refractivity contribution in [3.8, 4) is 22.6 Å². The lowest BCUT2D eigenvalue weighted by Crippen LogP contribution is -2.44. The Balaban J connectivity index is 1.26. The van der Waals surface area contributed by atoms with E-state index in [4.69, 9.17) is 18.6 Å². The van der Waals surface area contributed by atoms with Gasteiger partial charge in [0.2, 0.25) is 0 Å². The lowest BCUT2D eigenvalue weighted by Gasteiger charge is -2.33. The van der Waals surface area contributed by atoms with Crippen LogP contribution >= 0.6 is 0 Å². The molecular weight excluding hydrogens is 446 g/mol. The summed E-state index contributed by atoms with van der Waals surface area (Å²) < 4.78 is 22.5. The monoisotopic (exact) mass is 471 g/mol. The summed E-state index contributed by atoms with van der Waals surface area (Å²) in [6.45, 7) is 1.36. The van der Waals surface area contributed by atoms with Crippen molar-refractivity contribution in [3.05, 3.63) is 94.8 Å². The first kappa shape index (κ1) is 22.7. The molecule has 3 aromatic carbocycles. The summed E-state index contributed by atoms with van der Waals surface area (Å²) in [6, 6.07) is 22.1. The highest BCUT2D eigenvalue weighted by Crippen LogP contribution is 2.25. The fourth-order valence-corrected chi connectivity index (χ4v) is 4.15. The largest absolute Gasteiger partial charge is 0.497 e. The van der Waals surface area contributed by atoms with E-state index in [-0.39, 0.29) is 24.0 Å². The van der Waals surface area contributed by atoms with Gasteiger partial charge in [0.05, 0.1) is 31.2 Å². The van der Waals surface area contributed by atoms with E-state index in [1.165, 1.54) is 6.26 Å². The molecular formula is C28H25NO6. The summed E-state index contributed by atoms with van der Waals surface area (Å²) in [7, 11) is 1.59. The molecule has 0 unspecified atom stereocenters. The number of benzene rings is 3. The van der Waals surface area contributed by atoms with Crippen molar-refractivity contribution in [2.75, 3.05) is 33.4 Å². The third-order valence-electron chi connectivity index (χ3n) is 6.10. The summed E-state index contributed by atoms with van der Waals surface area (Å²) >= 11 is 0. The van der Waals surface area contributed by atoms with E-state index in [2.05, 4.69) is 0 Å².